The molecule has 0 amide bonds. The Morgan fingerprint density at radius 3 is 2.55 bits per heavy atom. The molecule has 22 heavy (non-hydrogen) atoms. The molecule has 0 heterocycles. The zero-order valence-corrected chi connectivity index (χ0v) is 12.6. The Kier molecular flexibility index (Phi) is 5.72. The zero-order chi connectivity index (χ0) is 15.8. The summed E-state index contributed by atoms with van der Waals surface area (Å²) in [4.78, 5) is 12.1. The van der Waals surface area contributed by atoms with E-state index in [1.807, 2.05) is 13.0 Å². The first-order chi connectivity index (χ1) is 10.7. The largest absolute Gasteiger partial charge is 0.618 e. The highest BCUT2D eigenvalue weighted by Gasteiger charge is 2.13. The number of ether oxygens (including phenoxy) is 1. The van der Waals surface area contributed by atoms with Crippen molar-refractivity contribution in [3.05, 3.63) is 70.9 Å². The van der Waals surface area contributed by atoms with Crippen molar-refractivity contribution in [2.45, 2.75) is 19.8 Å². The van der Waals surface area contributed by atoms with Crippen LogP contribution in [-0.4, -0.2) is 23.5 Å². The van der Waals surface area contributed by atoms with Crippen LogP contribution in [0.1, 0.15) is 35.7 Å². The SMILES string of the molecule is CCCCOC(=O)c1ccccc1C=[N+]([O-])c1ccccc1. The lowest BCUT2D eigenvalue weighted by Crippen LogP contribution is -2.11. The maximum atomic E-state index is 12.2. The quantitative estimate of drug-likeness (QED) is 0.203. The second kappa shape index (κ2) is 7.98. The van der Waals surface area contributed by atoms with E-state index in [1.54, 1.807) is 48.5 Å². The maximum absolute atomic E-state index is 12.2. The summed E-state index contributed by atoms with van der Waals surface area (Å²) in [6.07, 6.45) is 3.18. The van der Waals surface area contributed by atoms with E-state index in [2.05, 4.69) is 0 Å². The Hall–Kier alpha value is -2.62. The van der Waals surface area contributed by atoms with E-state index in [4.69, 9.17) is 4.74 Å². The Labute approximate surface area is 130 Å². The highest BCUT2D eigenvalue weighted by atomic mass is 16.5. The van der Waals surface area contributed by atoms with Gasteiger partial charge in [-0.25, -0.2) is 4.79 Å². The van der Waals surface area contributed by atoms with Crippen molar-refractivity contribution in [2.24, 2.45) is 0 Å². The van der Waals surface area contributed by atoms with Crippen LogP contribution in [-0.2, 0) is 4.74 Å². The van der Waals surface area contributed by atoms with E-state index in [0.29, 0.717) is 23.4 Å². The van der Waals surface area contributed by atoms with E-state index in [0.717, 1.165) is 17.6 Å². The van der Waals surface area contributed by atoms with Gasteiger partial charge in [-0.05, 0) is 18.6 Å². The van der Waals surface area contributed by atoms with Gasteiger partial charge in [0.1, 0.15) is 0 Å². The highest BCUT2D eigenvalue weighted by Crippen LogP contribution is 2.12. The summed E-state index contributed by atoms with van der Waals surface area (Å²) >= 11 is 0. The lowest BCUT2D eigenvalue weighted by molar-refractivity contribution is -0.354. The monoisotopic (exact) mass is 297 g/mol. The highest BCUT2D eigenvalue weighted by molar-refractivity contribution is 5.98. The van der Waals surface area contributed by atoms with E-state index in [9.17, 15) is 10.0 Å². The first-order valence-corrected chi connectivity index (χ1v) is 7.35. The number of rotatable bonds is 6. The molecule has 0 saturated carbocycles. The molecule has 4 heteroatoms. The van der Waals surface area contributed by atoms with Gasteiger partial charge >= 0.3 is 5.97 Å². The summed E-state index contributed by atoms with van der Waals surface area (Å²) in [5.41, 5.74) is 1.45. The van der Waals surface area contributed by atoms with Crippen molar-refractivity contribution < 1.29 is 14.3 Å². The summed E-state index contributed by atoms with van der Waals surface area (Å²) in [6, 6.07) is 15.8. The molecule has 2 aromatic rings. The molecule has 0 spiro atoms. The molecule has 4 nitrogen and oxygen atoms in total. The molecule has 0 aliphatic rings. The van der Waals surface area contributed by atoms with Crippen LogP contribution in [0.15, 0.2) is 54.6 Å². The van der Waals surface area contributed by atoms with Gasteiger partial charge in [0.25, 0.3) is 0 Å². The third-order valence-electron chi connectivity index (χ3n) is 3.18. The molecule has 0 radical (unpaired) electrons. The number of hydrogen-bond acceptors (Lipinski definition) is 3. The van der Waals surface area contributed by atoms with Crippen LogP contribution < -0.4 is 0 Å². The van der Waals surface area contributed by atoms with Gasteiger partial charge in [0.05, 0.1) is 17.7 Å². The summed E-state index contributed by atoms with van der Waals surface area (Å²) in [5, 5.41) is 12.2. The third kappa shape index (κ3) is 4.19. The lowest BCUT2D eigenvalue weighted by Gasteiger charge is -2.07. The van der Waals surface area contributed by atoms with E-state index in [1.165, 1.54) is 6.21 Å². The Morgan fingerprint density at radius 2 is 1.82 bits per heavy atom. The number of hydrogen-bond donors (Lipinski definition) is 0. The first-order valence-electron chi connectivity index (χ1n) is 7.35. The van der Waals surface area contributed by atoms with Gasteiger partial charge in [0.2, 0.25) is 5.69 Å². The second-order valence-electron chi connectivity index (χ2n) is 4.87. The topological polar surface area (TPSA) is 52.4 Å². The minimum atomic E-state index is -0.401. The molecule has 0 unspecified atom stereocenters. The van der Waals surface area contributed by atoms with Crippen molar-refractivity contribution >= 4 is 17.9 Å². The minimum Gasteiger partial charge on any atom is -0.618 e. The van der Waals surface area contributed by atoms with E-state index < -0.39 is 5.97 Å². The van der Waals surface area contributed by atoms with Crippen molar-refractivity contribution in [2.75, 3.05) is 6.61 Å². The van der Waals surface area contributed by atoms with Crippen molar-refractivity contribution in [1.29, 1.82) is 0 Å². The van der Waals surface area contributed by atoms with Crippen molar-refractivity contribution in [3.63, 3.8) is 0 Å². The number of para-hydroxylation sites is 1. The normalized spacial score (nSPS) is 11.2. The van der Waals surface area contributed by atoms with Crippen LogP contribution in [0, 0.1) is 5.21 Å². The molecule has 0 aromatic heterocycles. The smallest absolute Gasteiger partial charge is 0.338 e. The average Bonchev–Trinajstić information content (AvgIpc) is 2.56. The molecule has 0 aliphatic carbocycles. The fraction of sp³-hybridized carbons (Fsp3) is 0.222. The Balaban J connectivity index is 2.23. The van der Waals surface area contributed by atoms with Crippen LogP contribution in [0.2, 0.25) is 0 Å². The Bertz CT molecular complexity index is 650. The predicted molar refractivity (Wildman–Crippen MR) is 86.5 cm³/mol. The fourth-order valence-corrected chi connectivity index (χ4v) is 1.96. The molecule has 2 rings (SSSR count). The van der Waals surface area contributed by atoms with Gasteiger partial charge in [-0.1, -0.05) is 43.7 Å². The molecule has 0 N–H and O–H groups in total. The lowest BCUT2D eigenvalue weighted by atomic mass is 10.1. The zero-order valence-electron chi connectivity index (χ0n) is 12.6. The van der Waals surface area contributed by atoms with Gasteiger partial charge in [-0.2, -0.15) is 4.74 Å². The maximum Gasteiger partial charge on any atom is 0.338 e. The molecule has 0 atom stereocenters. The van der Waals surface area contributed by atoms with Crippen LogP contribution in [0.5, 0.6) is 0 Å². The van der Waals surface area contributed by atoms with E-state index >= 15 is 0 Å². The summed E-state index contributed by atoms with van der Waals surface area (Å²) in [6.45, 7) is 2.42. The van der Waals surface area contributed by atoms with Crippen molar-refractivity contribution in [1.82, 2.24) is 0 Å². The molecule has 114 valence electrons. The number of esters is 1. The van der Waals surface area contributed by atoms with Gasteiger partial charge in [-0.3, -0.25) is 0 Å². The van der Waals surface area contributed by atoms with Crippen LogP contribution in [0.25, 0.3) is 0 Å². The number of benzene rings is 2. The van der Waals surface area contributed by atoms with Crippen LogP contribution >= 0.6 is 0 Å². The number of unbranched alkanes of at least 4 members (excludes halogenated alkanes) is 1. The second-order valence-corrected chi connectivity index (χ2v) is 4.87. The standard InChI is InChI=1S/C18H19NO3/c1-2-3-13-22-18(20)17-12-8-7-9-15(17)14-19(21)16-10-5-4-6-11-16/h4-12,14H,2-3,13H2,1H3. The third-order valence-corrected chi connectivity index (χ3v) is 3.18. The molecule has 0 bridgehead atoms. The summed E-state index contributed by atoms with van der Waals surface area (Å²) in [5.74, 6) is -0.401. The minimum absolute atomic E-state index is 0.392. The molecule has 0 saturated heterocycles. The first kappa shape index (κ1) is 15.8. The molecule has 0 fully saturated rings. The Morgan fingerprint density at radius 1 is 1.14 bits per heavy atom. The summed E-state index contributed by atoms with van der Waals surface area (Å²) < 4.78 is 5.97. The van der Waals surface area contributed by atoms with Crippen molar-refractivity contribution in [3.8, 4) is 0 Å². The van der Waals surface area contributed by atoms with Gasteiger partial charge in [-0.15, -0.1) is 0 Å². The van der Waals surface area contributed by atoms with E-state index in [-0.39, 0.29) is 0 Å². The number of nitrogens with zero attached hydrogens (tertiary/aromatic N) is 1. The molecule has 0 aliphatic heterocycles. The molecule has 2 aromatic carbocycles. The molecular formula is C18H19NO3. The van der Waals surface area contributed by atoms with Crippen LogP contribution in [0.4, 0.5) is 5.69 Å². The fourth-order valence-electron chi connectivity index (χ4n) is 1.96. The van der Waals surface area contributed by atoms with Gasteiger partial charge in [0, 0.05) is 12.1 Å². The van der Waals surface area contributed by atoms with Crippen LogP contribution in [0.3, 0.4) is 0 Å². The summed E-state index contributed by atoms with van der Waals surface area (Å²) in [7, 11) is 0. The van der Waals surface area contributed by atoms with Gasteiger partial charge in [0.15, 0.2) is 6.21 Å². The van der Waals surface area contributed by atoms with Gasteiger partial charge < -0.3 is 9.94 Å². The average molecular weight is 297 g/mol. The molecular weight excluding hydrogens is 278 g/mol. The number of carbonyl (C=O) groups is 1. The number of carbonyl (C=O) groups excluding carboxylic acids is 1. The predicted octanol–water partition coefficient (Wildman–Crippen LogP) is 3.90.